The van der Waals surface area contributed by atoms with Crippen LogP contribution in [0, 0.1) is 5.92 Å². The highest BCUT2D eigenvalue weighted by Gasteiger charge is 2.41. The summed E-state index contributed by atoms with van der Waals surface area (Å²) in [6.45, 7) is 0. The molecule has 7 N–H and O–H groups in total. The predicted molar refractivity (Wildman–Crippen MR) is 33.7 cm³/mol. The molecule has 74 valence electrons. The first-order chi connectivity index (χ1) is 5.37. The summed E-state index contributed by atoms with van der Waals surface area (Å²) >= 11 is 0. The van der Waals surface area contributed by atoms with E-state index in [1.54, 1.807) is 0 Å². The number of carboxylic acids is 1. The minimum atomic E-state index is -1.71. The number of hydrogen-bond donors (Lipinski definition) is 3. The van der Waals surface area contributed by atoms with Crippen LogP contribution in [0.1, 0.15) is 15.5 Å². The van der Waals surface area contributed by atoms with Crippen LogP contribution in [0.15, 0.2) is 0 Å². The standard InChI is InChI=1S/C6H12N2O2.2ClH/c7-4-1-3(4)2-5(8)6(9)10;;/h3-5H,1-2,7-8H2,(H,9,10);2*1H/t3-,4+,5?;;/m0../s1/i2D2;;. The van der Waals surface area contributed by atoms with Gasteiger partial charge in [-0.15, -0.1) is 0 Å². The molecule has 0 aromatic carbocycles. The van der Waals surface area contributed by atoms with Crippen LogP contribution in [0.4, 0.5) is 0 Å². The Kier molecular flexibility index (Phi) is 4.68. The van der Waals surface area contributed by atoms with Crippen molar-refractivity contribution in [2.75, 3.05) is 0 Å². The lowest BCUT2D eigenvalue weighted by Crippen LogP contribution is -3.00. The van der Waals surface area contributed by atoms with Crippen molar-refractivity contribution in [1.82, 2.24) is 0 Å². The average Bonchev–Trinajstić information content (AvgIpc) is 2.65. The first kappa shape index (κ1) is 10.1. The lowest BCUT2D eigenvalue weighted by atomic mass is 10.1. The zero-order chi connectivity index (χ0) is 9.52. The fraction of sp³-hybridized carbons (Fsp3) is 0.833. The zero-order valence-electron chi connectivity index (χ0n) is 8.46. The molecule has 0 aromatic heterocycles. The Bertz CT molecular complexity index is 218. The molecular weight excluding hydrogens is 203 g/mol. The Morgan fingerprint density at radius 1 is 1.75 bits per heavy atom. The van der Waals surface area contributed by atoms with Crippen LogP contribution in [0.2, 0.25) is 0 Å². The summed E-state index contributed by atoms with van der Waals surface area (Å²) in [7, 11) is 0. The Labute approximate surface area is 86.3 Å². The lowest BCUT2D eigenvalue weighted by molar-refractivity contribution is -0.416. The van der Waals surface area contributed by atoms with Crippen LogP contribution in [-0.4, -0.2) is 23.2 Å². The van der Waals surface area contributed by atoms with Crippen LogP contribution in [0.3, 0.4) is 0 Å². The highest BCUT2D eigenvalue weighted by atomic mass is 35.5. The van der Waals surface area contributed by atoms with E-state index in [9.17, 15) is 4.79 Å². The molecular formula is C6H14Cl2N2O2. The van der Waals surface area contributed by atoms with Crippen LogP contribution in [-0.2, 0) is 4.79 Å². The second kappa shape index (κ2) is 5.59. The van der Waals surface area contributed by atoms with Gasteiger partial charge >= 0.3 is 5.97 Å². The van der Waals surface area contributed by atoms with E-state index in [-0.39, 0.29) is 36.8 Å². The topological polar surface area (TPSA) is 92.6 Å². The lowest BCUT2D eigenvalue weighted by Gasteiger charge is -1.98. The van der Waals surface area contributed by atoms with Crippen molar-refractivity contribution in [2.45, 2.75) is 24.9 Å². The molecule has 0 saturated heterocycles. The Morgan fingerprint density at radius 3 is 2.42 bits per heavy atom. The predicted octanol–water partition coefficient (Wildman–Crippen LogP) is -8.29. The molecule has 0 amide bonds. The van der Waals surface area contributed by atoms with Gasteiger partial charge in [0.15, 0.2) is 6.04 Å². The average molecular weight is 219 g/mol. The number of rotatable bonds is 3. The van der Waals surface area contributed by atoms with E-state index in [1.807, 2.05) is 0 Å². The van der Waals surface area contributed by atoms with E-state index in [1.165, 1.54) is 0 Å². The van der Waals surface area contributed by atoms with Crippen molar-refractivity contribution in [1.29, 1.82) is 0 Å². The second-order valence-corrected chi connectivity index (χ2v) is 2.66. The van der Waals surface area contributed by atoms with Crippen LogP contribution in [0.5, 0.6) is 0 Å². The van der Waals surface area contributed by atoms with Crippen molar-refractivity contribution in [3.8, 4) is 0 Å². The van der Waals surface area contributed by atoms with Crippen molar-refractivity contribution in [3.63, 3.8) is 0 Å². The van der Waals surface area contributed by atoms with Gasteiger partial charge in [0, 0.05) is 21.5 Å². The highest BCUT2D eigenvalue weighted by Crippen LogP contribution is 2.30. The normalized spacial score (nSPS) is 31.5. The number of hydrogen-bond acceptors (Lipinski definition) is 1. The summed E-state index contributed by atoms with van der Waals surface area (Å²) in [5, 5.41) is 8.56. The fourth-order valence-electron chi connectivity index (χ4n) is 0.781. The Hall–Kier alpha value is -0.0300. The molecule has 1 aliphatic carbocycles. The second-order valence-electron chi connectivity index (χ2n) is 2.66. The van der Waals surface area contributed by atoms with E-state index >= 15 is 0 Å². The number of halogens is 2. The third-order valence-electron chi connectivity index (χ3n) is 1.64. The van der Waals surface area contributed by atoms with Crippen LogP contribution < -0.4 is 36.3 Å². The zero-order valence-corrected chi connectivity index (χ0v) is 7.98. The Balaban J connectivity index is 0. The molecule has 1 unspecified atom stereocenters. The molecule has 3 atom stereocenters. The molecule has 12 heavy (non-hydrogen) atoms. The van der Waals surface area contributed by atoms with Crippen LogP contribution in [0.25, 0.3) is 0 Å². The molecule has 0 heterocycles. The van der Waals surface area contributed by atoms with Gasteiger partial charge in [0.05, 0.1) is 6.04 Å². The van der Waals surface area contributed by atoms with E-state index < -0.39 is 18.4 Å². The Morgan fingerprint density at radius 2 is 2.17 bits per heavy atom. The monoisotopic (exact) mass is 218 g/mol. The molecule has 0 aliphatic heterocycles. The maximum atomic E-state index is 10.5. The van der Waals surface area contributed by atoms with E-state index in [2.05, 4.69) is 11.5 Å². The summed E-state index contributed by atoms with van der Waals surface area (Å²) in [5.74, 6) is -1.41. The van der Waals surface area contributed by atoms with Gasteiger partial charge in [-0.1, -0.05) is 0 Å². The molecule has 1 aliphatic rings. The van der Waals surface area contributed by atoms with Gasteiger partial charge in [0.25, 0.3) is 0 Å². The molecule has 0 spiro atoms. The molecule has 0 bridgehead atoms. The largest absolute Gasteiger partial charge is 1.00 e. The molecule has 6 heteroatoms. The van der Waals surface area contributed by atoms with Crippen molar-refractivity contribution in [3.05, 3.63) is 0 Å². The SMILES string of the molecule is [2H]C([2H])(C([NH3+])C(=O)O)[C@@H]1C[C@H]1[NH3+].[Cl-].[Cl-]. The van der Waals surface area contributed by atoms with E-state index in [0.717, 1.165) is 0 Å². The van der Waals surface area contributed by atoms with Gasteiger partial charge in [-0.05, 0) is 0 Å². The summed E-state index contributed by atoms with van der Waals surface area (Å²) in [6, 6.07) is -1.13. The van der Waals surface area contributed by atoms with Crippen molar-refractivity contribution in [2.24, 2.45) is 5.92 Å². The van der Waals surface area contributed by atoms with Crippen molar-refractivity contribution >= 4 is 5.97 Å². The van der Waals surface area contributed by atoms with E-state index in [4.69, 9.17) is 7.85 Å². The minimum absolute atomic E-state index is 0. The number of aliphatic carboxylic acids is 1. The fourth-order valence-corrected chi connectivity index (χ4v) is 0.781. The smallest absolute Gasteiger partial charge is 0.362 e. The highest BCUT2D eigenvalue weighted by molar-refractivity contribution is 5.71. The summed E-state index contributed by atoms with van der Waals surface area (Å²) in [4.78, 5) is 10.5. The van der Waals surface area contributed by atoms with Gasteiger partial charge in [-0.2, -0.15) is 0 Å². The summed E-state index contributed by atoms with van der Waals surface area (Å²) < 4.78 is 15.0. The first-order valence-electron chi connectivity index (χ1n) is 4.26. The van der Waals surface area contributed by atoms with Gasteiger partial charge in [0.1, 0.15) is 0 Å². The maximum absolute atomic E-state index is 10.5. The summed E-state index contributed by atoms with van der Waals surface area (Å²) in [5.41, 5.74) is 6.98. The maximum Gasteiger partial charge on any atom is 0.362 e. The molecule has 1 saturated carbocycles. The van der Waals surface area contributed by atoms with Crippen molar-refractivity contribution < 1.29 is 48.9 Å². The number of quaternary nitrogens is 2. The molecule has 0 radical (unpaired) electrons. The third kappa shape index (κ3) is 4.11. The van der Waals surface area contributed by atoms with E-state index in [0.29, 0.717) is 6.42 Å². The first-order valence-corrected chi connectivity index (χ1v) is 3.26. The quantitative estimate of drug-likeness (QED) is 0.440. The van der Waals surface area contributed by atoms with Gasteiger partial charge in [-0.3, -0.25) is 0 Å². The van der Waals surface area contributed by atoms with Crippen LogP contribution >= 0.6 is 0 Å². The third-order valence-corrected chi connectivity index (χ3v) is 1.64. The molecule has 4 nitrogen and oxygen atoms in total. The van der Waals surface area contributed by atoms with Gasteiger partial charge < -0.3 is 41.4 Å². The molecule has 1 rings (SSSR count). The van der Waals surface area contributed by atoms with Gasteiger partial charge in [-0.25, -0.2) is 4.79 Å². The molecule has 0 aromatic rings. The number of carboxylic acid groups (broad SMARTS) is 1. The molecule has 1 fully saturated rings. The minimum Gasteiger partial charge on any atom is -1.00 e. The summed E-state index contributed by atoms with van der Waals surface area (Å²) in [6.07, 6.45) is -1.04. The van der Waals surface area contributed by atoms with Gasteiger partial charge in [0.2, 0.25) is 0 Å². The number of carbonyl (C=O) groups is 1.